The summed E-state index contributed by atoms with van der Waals surface area (Å²) in [7, 11) is 0. The number of hydrogen-bond acceptors (Lipinski definition) is 8. The van der Waals surface area contributed by atoms with E-state index in [1.807, 2.05) is 4.90 Å². The number of likely N-dealkylation sites (tertiary alicyclic amines) is 2. The molecule has 4 unspecified atom stereocenters. The molecule has 0 aromatic carbocycles. The van der Waals surface area contributed by atoms with Gasteiger partial charge in [0.2, 0.25) is 5.91 Å². The molecule has 13 heteroatoms. The Bertz CT molecular complexity index is 931. The van der Waals surface area contributed by atoms with Crippen molar-refractivity contribution in [2.24, 2.45) is 5.92 Å². The maximum absolute atomic E-state index is 15.1. The van der Waals surface area contributed by atoms with Gasteiger partial charge in [0.15, 0.2) is 5.82 Å². The lowest BCUT2D eigenvalue weighted by Crippen LogP contribution is -2.66. The highest BCUT2D eigenvalue weighted by molar-refractivity contribution is 6.03. The van der Waals surface area contributed by atoms with Gasteiger partial charge in [0.1, 0.15) is 23.7 Å². The monoisotopic (exact) mass is 482 g/mol. The fourth-order valence-electron chi connectivity index (χ4n) is 5.54. The van der Waals surface area contributed by atoms with Crippen molar-refractivity contribution < 1.29 is 23.5 Å². The van der Waals surface area contributed by atoms with Gasteiger partial charge >= 0.3 is 0 Å². The highest BCUT2D eigenvalue weighted by atomic mass is 19.1. The second-order valence-corrected chi connectivity index (χ2v) is 9.72. The van der Waals surface area contributed by atoms with Crippen LogP contribution in [0.3, 0.4) is 0 Å². The molecule has 3 saturated heterocycles. The van der Waals surface area contributed by atoms with E-state index in [1.54, 1.807) is 4.90 Å². The van der Waals surface area contributed by atoms with Crippen molar-refractivity contribution >= 4 is 23.5 Å². The number of nitrogens with two attached hydrogens (primary N) is 1. The van der Waals surface area contributed by atoms with Crippen LogP contribution in [0.1, 0.15) is 23.2 Å². The summed E-state index contributed by atoms with van der Waals surface area (Å²) in [6.45, 7) is 2.54. The summed E-state index contributed by atoms with van der Waals surface area (Å²) in [5.41, 5.74) is 6.11. The van der Waals surface area contributed by atoms with Crippen molar-refractivity contribution in [3.63, 3.8) is 0 Å². The fraction of sp³-hybridized carbons (Fsp3) is 0.762. The molecular formula is C21H32F2N8O3. The van der Waals surface area contributed by atoms with Crippen molar-refractivity contribution in [3.05, 3.63) is 5.56 Å². The van der Waals surface area contributed by atoms with E-state index in [-0.39, 0.29) is 42.8 Å². The lowest BCUT2D eigenvalue weighted by atomic mass is 9.89. The van der Waals surface area contributed by atoms with E-state index < -0.39 is 36.4 Å². The topological polar surface area (TPSA) is 141 Å². The number of anilines is 2. The number of hydrogen-bond donors (Lipinski definition) is 5. The van der Waals surface area contributed by atoms with Gasteiger partial charge in [-0.15, -0.1) is 0 Å². The fourth-order valence-corrected chi connectivity index (χ4v) is 5.54. The number of nitrogen functional groups attached to an aromatic ring is 1. The summed E-state index contributed by atoms with van der Waals surface area (Å²) in [5.74, 6) is -0.170. The summed E-state index contributed by atoms with van der Waals surface area (Å²) in [5, 5.41) is 22.4. The molecule has 1 aromatic heterocycles. The predicted octanol–water partition coefficient (Wildman–Crippen LogP) is -1.45. The first-order valence-corrected chi connectivity index (χ1v) is 11.9. The Labute approximate surface area is 196 Å². The number of carbonyl (C=O) groups is 2. The normalized spacial score (nSPS) is 30.9. The number of alkyl halides is 2. The van der Waals surface area contributed by atoms with E-state index in [2.05, 4.69) is 21.0 Å². The molecule has 2 amide bonds. The lowest BCUT2D eigenvalue weighted by Gasteiger charge is -2.46. The van der Waals surface area contributed by atoms with Crippen LogP contribution in [0.2, 0.25) is 0 Å². The number of aliphatic hydroxyl groups is 1. The third kappa shape index (κ3) is 4.31. The van der Waals surface area contributed by atoms with Gasteiger partial charge < -0.3 is 31.7 Å². The summed E-state index contributed by atoms with van der Waals surface area (Å²) in [4.78, 5) is 29.4. The predicted molar refractivity (Wildman–Crippen MR) is 120 cm³/mol. The van der Waals surface area contributed by atoms with Crippen LogP contribution in [0.5, 0.6) is 0 Å². The molecule has 0 spiro atoms. The average molecular weight is 483 g/mol. The van der Waals surface area contributed by atoms with Gasteiger partial charge in [0, 0.05) is 38.6 Å². The summed E-state index contributed by atoms with van der Waals surface area (Å²) in [6, 6.07) is -1.05. The van der Waals surface area contributed by atoms with Crippen molar-refractivity contribution in [3.8, 4) is 0 Å². The van der Waals surface area contributed by atoms with Gasteiger partial charge in [-0.1, -0.05) is 0 Å². The molecule has 5 rings (SSSR count). The van der Waals surface area contributed by atoms with Crippen LogP contribution in [-0.2, 0) is 11.3 Å². The Balaban J connectivity index is 1.24. The van der Waals surface area contributed by atoms with Crippen LogP contribution < -0.4 is 21.7 Å². The molecule has 4 aliphatic heterocycles. The minimum atomic E-state index is -1.19. The Morgan fingerprint density at radius 2 is 1.85 bits per heavy atom. The molecule has 188 valence electrons. The molecule has 34 heavy (non-hydrogen) atoms. The van der Waals surface area contributed by atoms with Gasteiger partial charge in [0.05, 0.1) is 24.7 Å². The van der Waals surface area contributed by atoms with Crippen LogP contribution in [0, 0.1) is 5.92 Å². The minimum Gasteiger partial charge on any atom is -0.389 e. The first-order chi connectivity index (χ1) is 16.3. The molecule has 11 nitrogen and oxygen atoms in total. The zero-order valence-electron chi connectivity index (χ0n) is 18.9. The zero-order valence-corrected chi connectivity index (χ0v) is 18.9. The Kier molecular flexibility index (Phi) is 6.34. The van der Waals surface area contributed by atoms with Crippen LogP contribution in [0.25, 0.3) is 0 Å². The number of nitrogens with zero attached hydrogens (tertiary/aromatic N) is 4. The molecule has 5 heterocycles. The van der Waals surface area contributed by atoms with Gasteiger partial charge in [-0.05, 0) is 25.9 Å². The van der Waals surface area contributed by atoms with E-state index in [0.717, 1.165) is 0 Å². The number of amides is 2. The molecule has 1 aromatic rings. The van der Waals surface area contributed by atoms with Crippen LogP contribution in [-0.4, -0.2) is 113 Å². The molecule has 3 fully saturated rings. The summed E-state index contributed by atoms with van der Waals surface area (Å²) < 4.78 is 30.1. The summed E-state index contributed by atoms with van der Waals surface area (Å²) in [6.07, 6.45) is -1.52. The number of carbonyl (C=O) groups excluding carboxylic acids is 2. The van der Waals surface area contributed by atoms with Gasteiger partial charge in [-0.2, -0.15) is 5.10 Å². The Morgan fingerprint density at radius 1 is 1.12 bits per heavy atom. The molecule has 0 bridgehead atoms. The number of piperidine rings is 2. The van der Waals surface area contributed by atoms with Gasteiger partial charge in [-0.3, -0.25) is 14.5 Å². The first-order valence-electron chi connectivity index (χ1n) is 11.9. The third-order valence-electron chi connectivity index (χ3n) is 7.35. The maximum atomic E-state index is 15.1. The lowest BCUT2D eigenvalue weighted by molar-refractivity contribution is -0.147. The Hall–Kier alpha value is -2.51. The molecule has 4 atom stereocenters. The van der Waals surface area contributed by atoms with Gasteiger partial charge in [-0.25, -0.2) is 13.5 Å². The average Bonchev–Trinajstić information content (AvgIpc) is 3.11. The second kappa shape index (κ2) is 9.27. The molecular weight excluding hydrogens is 450 g/mol. The third-order valence-corrected chi connectivity index (χ3v) is 7.35. The number of fused-ring (bicyclic) bond motifs is 1. The van der Waals surface area contributed by atoms with E-state index in [9.17, 15) is 19.1 Å². The van der Waals surface area contributed by atoms with Gasteiger partial charge in [0.25, 0.3) is 5.91 Å². The number of β-amino-alcohol motifs (C(OH)–C–C–N with tert-alkyl or cyclic N) is 1. The number of aromatic nitrogens is 2. The van der Waals surface area contributed by atoms with Crippen molar-refractivity contribution in [1.29, 1.82) is 0 Å². The van der Waals surface area contributed by atoms with Crippen LogP contribution in [0.15, 0.2) is 0 Å². The number of nitrogens with one attached hydrogen (secondary N) is 3. The standard InChI is InChI=1S/C21H32F2N8O3/c22-12-5-26-19-16(18(24)28-31(19)8-12)20(33)27-15-7-25-6-14(23)17(15)29-3-1-11(2-4-29)21(34)30-9-13(32)10-30/h11-15,17,25-26,32H,1-10H2,(H2,24,28)(H,27,33). The molecule has 4 aliphatic rings. The zero-order chi connectivity index (χ0) is 24.0. The maximum Gasteiger partial charge on any atom is 0.259 e. The van der Waals surface area contributed by atoms with E-state index in [0.29, 0.717) is 51.4 Å². The SMILES string of the molecule is Nc1nn2c(c1C(=O)NC1CNCC(F)C1N1CCC(C(=O)N3CC(O)C3)CC1)NCC(F)C2. The molecule has 0 radical (unpaired) electrons. The first kappa shape index (κ1) is 23.2. The Morgan fingerprint density at radius 3 is 2.56 bits per heavy atom. The van der Waals surface area contributed by atoms with E-state index in [4.69, 9.17) is 5.73 Å². The smallest absolute Gasteiger partial charge is 0.259 e. The summed E-state index contributed by atoms with van der Waals surface area (Å²) >= 11 is 0. The highest BCUT2D eigenvalue weighted by Gasteiger charge is 2.42. The van der Waals surface area contributed by atoms with Crippen LogP contribution >= 0.6 is 0 Å². The second-order valence-electron chi connectivity index (χ2n) is 9.72. The number of rotatable bonds is 4. The molecule has 6 N–H and O–H groups in total. The minimum absolute atomic E-state index is 0.00153. The van der Waals surface area contributed by atoms with E-state index >= 15 is 4.39 Å². The highest BCUT2D eigenvalue weighted by Crippen LogP contribution is 2.29. The van der Waals surface area contributed by atoms with E-state index in [1.165, 1.54) is 4.68 Å². The van der Waals surface area contributed by atoms with Crippen molar-refractivity contribution in [1.82, 2.24) is 30.2 Å². The quantitative estimate of drug-likeness (QED) is 0.351. The molecule has 0 aliphatic carbocycles. The number of aliphatic hydroxyl groups excluding tert-OH is 1. The largest absolute Gasteiger partial charge is 0.389 e. The van der Waals surface area contributed by atoms with Crippen molar-refractivity contribution in [2.45, 2.75) is 49.9 Å². The van der Waals surface area contributed by atoms with Crippen LogP contribution in [0.4, 0.5) is 20.4 Å². The molecule has 0 saturated carbocycles. The number of halogens is 2. The van der Waals surface area contributed by atoms with Crippen molar-refractivity contribution in [2.75, 3.05) is 56.9 Å².